The third-order valence-corrected chi connectivity index (χ3v) is 4.42. The number of hydrogen-bond acceptors (Lipinski definition) is 2. The van der Waals surface area contributed by atoms with Gasteiger partial charge in [0, 0.05) is 16.2 Å². The second kappa shape index (κ2) is 8.27. The van der Waals surface area contributed by atoms with Crippen LogP contribution in [0.15, 0.2) is 53.0 Å². The zero-order chi connectivity index (χ0) is 16.8. The topological polar surface area (TPSA) is 41.1 Å². The molecule has 0 spiro atoms. The first-order valence-electron chi connectivity index (χ1n) is 7.91. The summed E-state index contributed by atoms with van der Waals surface area (Å²) in [7, 11) is 0. The van der Waals surface area contributed by atoms with Crippen molar-refractivity contribution in [2.75, 3.05) is 5.32 Å². The average Bonchev–Trinajstić information content (AvgIpc) is 2.56. The molecule has 0 aliphatic rings. The van der Waals surface area contributed by atoms with E-state index in [0.717, 1.165) is 22.1 Å². The summed E-state index contributed by atoms with van der Waals surface area (Å²) in [6.07, 6.45) is 0.997. The van der Waals surface area contributed by atoms with Crippen LogP contribution < -0.4 is 10.6 Å². The zero-order valence-electron chi connectivity index (χ0n) is 13.8. The number of amides is 1. The van der Waals surface area contributed by atoms with Gasteiger partial charge in [-0.05, 0) is 55.7 Å². The van der Waals surface area contributed by atoms with E-state index in [-0.39, 0.29) is 18.0 Å². The Morgan fingerprint density at radius 2 is 1.65 bits per heavy atom. The highest BCUT2D eigenvalue weighted by atomic mass is 79.9. The molecule has 122 valence electrons. The van der Waals surface area contributed by atoms with E-state index >= 15 is 0 Å². The maximum Gasteiger partial charge on any atom is 0.241 e. The molecule has 2 rings (SSSR count). The molecule has 0 heterocycles. The minimum absolute atomic E-state index is 0.0294. The molecular weight excluding hydrogens is 352 g/mol. The molecule has 0 aliphatic carbocycles. The molecule has 2 atom stereocenters. The Morgan fingerprint density at radius 1 is 1.04 bits per heavy atom. The zero-order valence-corrected chi connectivity index (χ0v) is 15.4. The molecule has 2 aromatic carbocycles. The van der Waals surface area contributed by atoms with Crippen LogP contribution in [0.5, 0.6) is 0 Å². The number of aryl methyl sites for hydroxylation is 1. The average molecular weight is 375 g/mol. The van der Waals surface area contributed by atoms with Crippen LogP contribution in [0.25, 0.3) is 0 Å². The van der Waals surface area contributed by atoms with Gasteiger partial charge in [-0.3, -0.25) is 10.1 Å². The van der Waals surface area contributed by atoms with Crippen LogP contribution in [-0.4, -0.2) is 11.9 Å². The Hall–Kier alpha value is -1.65. The Balaban J connectivity index is 1.92. The first kappa shape index (κ1) is 17.7. The van der Waals surface area contributed by atoms with Crippen molar-refractivity contribution in [3.63, 3.8) is 0 Å². The Labute approximate surface area is 146 Å². The SMILES string of the molecule is CCc1ccc(NC(=O)[C@@H](C)N[C@@H](C)c2ccc(Br)cc2)cc1. The van der Waals surface area contributed by atoms with Gasteiger partial charge in [-0.2, -0.15) is 0 Å². The molecule has 2 N–H and O–H groups in total. The van der Waals surface area contributed by atoms with E-state index in [4.69, 9.17) is 0 Å². The molecule has 0 saturated heterocycles. The molecule has 1 amide bonds. The van der Waals surface area contributed by atoms with Crippen LogP contribution in [0.4, 0.5) is 5.69 Å². The van der Waals surface area contributed by atoms with E-state index in [9.17, 15) is 4.79 Å². The fourth-order valence-electron chi connectivity index (χ4n) is 2.37. The third-order valence-electron chi connectivity index (χ3n) is 3.89. The van der Waals surface area contributed by atoms with Gasteiger partial charge in [0.05, 0.1) is 6.04 Å². The summed E-state index contributed by atoms with van der Waals surface area (Å²) in [6, 6.07) is 15.9. The lowest BCUT2D eigenvalue weighted by molar-refractivity contribution is -0.117. The highest BCUT2D eigenvalue weighted by molar-refractivity contribution is 9.10. The largest absolute Gasteiger partial charge is 0.325 e. The Kier molecular flexibility index (Phi) is 6.37. The summed E-state index contributed by atoms with van der Waals surface area (Å²) in [5.41, 5.74) is 3.25. The lowest BCUT2D eigenvalue weighted by Gasteiger charge is -2.20. The maximum atomic E-state index is 12.3. The van der Waals surface area contributed by atoms with E-state index in [1.54, 1.807) is 0 Å². The summed E-state index contributed by atoms with van der Waals surface area (Å²) < 4.78 is 1.05. The number of anilines is 1. The number of hydrogen-bond donors (Lipinski definition) is 2. The molecule has 0 radical (unpaired) electrons. The van der Waals surface area contributed by atoms with Crippen molar-refractivity contribution in [2.24, 2.45) is 0 Å². The molecule has 0 unspecified atom stereocenters. The summed E-state index contributed by atoms with van der Waals surface area (Å²) in [5.74, 6) is -0.0294. The molecule has 2 aromatic rings. The van der Waals surface area contributed by atoms with Gasteiger partial charge in [0.25, 0.3) is 0 Å². The summed E-state index contributed by atoms with van der Waals surface area (Å²) in [4.78, 5) is 12.3. The second-order valence-electron chi connectivity index (χ2n) is 5.70. The molecule has 0 fully saturated rings. The molecule has 0 aromatic heterocycles. The van der Waals surface area contributed by atoms with Crippen LogP contribution in [0.2, 0.25) is 0 Å². The van der Waals surface area contributed by atoms with Crippen LogP contribution >= 0.6 is 15.9 Å². The number of halogens is 1. The number of carbonyl (C=O) groups excluding carboxylic acids is 1. The van der Waals surface area contributed by atoms with E-state index in [2.05, 4.69) is 52.5 Å². The smallest absolute Gasteiger partial charge is 0.241 e. The number of nitrogens with one attached hydrogen (secondary N) is 2. The van der Waals surface area contributed by atoms with Crippen molar-refractivity contribution in [2.45, 2.75) is 39.3 Å². The Bertz CT molecular complexity index is 637. The quantitative estimate of drug-likeness (QED) is 0.769. The van der Waals surface area contributed by atoms with Crippen molar-refractivity contribution >= 4 is 27.5 Å². The van der Waals surface area contributed by atoms with Crippen LogP contribution in [-0.2, 0) is 11.2 Å². The first-order chi connectivity index (χ1) is 11.0. The van der Waals surface area contributed by atoms with Crippen molar-refractivity contribution < 1.29 is 4.79 Å². The van der Waals surface area contributed by atoms with Crippen molar-refractivity contribution in [3.8, 4) is 0 Å². The first-order valence-corrected chi connectivity index (χ1v) is 8.70. The second-order valence-corrected chi connectivity index (χ2v) is 6.62. The van der Waals surface area contributed by atoms with E-state index < -0.39 is 0 Å². The van der Waals surface area contributed by atoms with Gasteiger partial charge >= 0.3 is 0 Å². The number of carbonyl (C=O) groups is 1. The molecule has 0 saturated carbocycles. The van der Waals surface area contributed by atoms with Gasteiger partial charge in [-0.15, -0.1) is 0 Å². The van der Waals surface area contributed by atoms with Gasteiger partial charge in [0.15, 0.2) is 0 Å². The van der Waals surface area contributed by atoms with E-state index in [0.29, 0.717) is 0 Å². The van der Waals surface area contributed by atoms with E-state index in [1.807, 2.05) is 43.3 Å². The molecule has 4 heteroatoms. The lowest BCUT2D eigenvalue weighted by atomic mass is 10.1. The number of benzene rings is 2. The normalized spacial score (nSPS) is 13.4. The molecule has 0 bridgehead atoms. The van der Waals surface area contributed by atoms with Crippen molar-refractivity contribution in [1.82, 2.24) is 5.32 Å². The highest BCUT2D eigenvalue weighted by Gasteiger charge is 2.16. The van der Waals surface area contributed by atoms with Crippen molar-refractivity contribution in [3.05, 3.63) is 64.1 Å². The number of rotatable bonds is 6. The molecule has 3 nitrogen and oxygen atoms in total. The molecule has 0 aliphatic heterocycles. The van der Waals surface area contributed by atoms with Gasteiger partial charge in [-0.1, -0.05) is 47.1 Å². The Morgan fingerprint density at radius 3 is 2.22 bits per heavy atom. The monoisotopic (exact) mass is 374 g/mol. The van der Waals surface area contributed by atoms with Gasteiger partial charge in [0.2, 0.25) is 5.91 Å². The predicted octanol–water partition coefficient (Wildman–Crippen LogP) is 4.69. The minimum Gasteiger partial charge on any atom is -0.325 e. The highest BCUT2D eigenvalue weighted by Crippen LogP contribution is 2.17. The molecular formula is C19H23BrN2O. The fourth-order valence-corrected chi connectivity index (χ4v) is 2.64. The summed E-state index contributed by atoms with van der Waals surface area (Å²) >= 11 is 3.43. The lowest BCUT2D eigenvalue weighted by Crippen LogP contribution is -2.39. The van der Waals surface area contributed by atoms with Crippen LogP contribution in [0.3, 0.4) is 0 Å². The van der Waals surface area contributed by atoms with Crippen LogP contribution in [0, 0.1) is 0 Å². The standard InChI is InChI=1S/C19H23BrN2O/c1-4-15-5-11-18(12-6-15)22-19(23)14(3)21-13(2)16-7-9-17(20)10-8-16/h5-14,21H,4H2,1-3H3,(H,22,23)/t13-,14+/m0/s1. The van der Waals surface area contributed by atoms with E-state index in [1.165, 1.54) is 5.56 Å². The fraction of sp³-hybridized carbons (Fsp3) is 0.316. The minimum atomic E-state index is -0.278. The maximum absolute atomic E-state index is 12.3. The molecule has 23 heavy (non-hydrogen) atoms. The predicted molar refractivity (Wildman–Crippen MR) is 99.6 cm³/mol. The summed E-state index contributed by atoms with van der Waals surface area (Å²) in [5, 5.41) is 6.28. The van der Waals surface area contributed by atoms with Crippen LogP contribution in [0.1, 0.15) is 37.9 Å². The van der Waals surface area contributed by atoms with Gasteiger partial charge in [-0.25, -0.2) is 0 Å². The van der Waals surface area contributed by atoms with Gasteiger partial charge in [0.1, 0.15) is 0 Å². The summed E-state index contributed by atoms with van der Waals surface area (Å²) in [6.45, 7) is 6.05. The van der Waals surface area contributed by atoms with Crippen molar-refractivity contribution in [1.29, 1.82) is 0 Å². The third kappa shape index (κ3) is 5.19. The van der Waals surface area contributed by atoms with Gasteiger partial charge < -0.3 is 5.32 Å².